The highest BCUT2D eigenvalue weighted by atomic mass is 16.5. The average molecular weight is 276 g/mol. The van der Waals surface area contributed by atoms with E-state index in [9.17, 15) is 4.79 Å². The predicted molar refractivity (Wildman–Crippen MR) is 75.0 cm³/mol. The summed E-state index contributed by atoms with van der Waals surface area (Å²) in [4.78, 5) is 11.2. The van der Waals surface area contributed by atoms with Gasteiger partial charge in [0.05, 0.1) is 13.2 Å². The maximum atomic E-state index is 11.2. The summed E-state index contributed by atoms with van der Waals surface area (Å²) < 4.78 is 11.3. The molecule has 0 aromatic heterocycles. The van der Waals surface area contributed by atoms with Gasteiger partial charge in [0.1, 0.15) is 0 Å². The Morgan fingerprint density at radius 3 is 2.85 bits per heavy atom. The first-order valence-corrected chi connectivity index (χ1v) is 7.14. The molecule has 1 amide bonds. The Hall–Kier alpha value is -1.75. The second kappa shape index (κ2) is 5.71. The second-order valence-corrected chi connectivity index (χ2v) is 5.35. The van der Waals surface area contributed by atoms with Crippen LogP contribution in [0.25, 0.3) is 0 Å². The molecule has 0 radical (unpaired) electrons. The Kier molecular flexibility index (Phi) is 3.78. The van der Waals surface area contributed by atoms with Crippen LogP contribution in [-0.2, 0) is 4.79 Å². The summed E-state index contributed by atoms with van der Waals surface area (Å²) in [6, 6.07) is 6.42. The number of fused-ring (bicyclic) bond motifs is 1. The summed E-state index contributed by atoms with van der Waals surface area (Å²) >= 11 is 0. The number of hydrogen-bond acceptors (Lipinski definition) is 4. The zero-order valence-corrected chi connectivity index (χ0v) is 11.6. The van der Waals surface area contributed by atoms with E-state index in [4.69, 9.17) is 9.47 Å². The zero-order chi connectivity index (χ0) is 13.9. The van der Waals surface area contributed by atoms with Gasteiger partial charge in [0.25, 0.3) is 0 Å². The van der Waals surface area contributed by atoms with Crippen LogP contribution in [-0.4, -0.2) is 31.7 Å². The Morgan fingerprint density at radius 2 is 2.10 bits per heavy atom. The smallest absolute Gasteiger partial charge is 0.221 e. The number of carbonyl (C=O) groups excluding carboxylic acids is 1. The van der Waals surface area contributed by atoms with E-state index in [1.165, 1.54) is 0 Å². The highest BCUT2D eigenvalue weighted by Crippen LogP contribution is 2.32. The lowest BCUT2D eigenvalue weighted by atomic mass is 10.1. The molecule has 2 atom stereocenters. The van der Waals surface area contributed by atoms with Crippen LogP contribution in [0.2, 0.25) is 0 Å². The van der Waals surface area contributed by atoms with E-state index >= 15 is 0 Å². The van der Waals surface area contributed by atoms with E-state index in [0.29, 0.717) is 26.2 Å². The molecule has 3 rings (SSSR count). The van der Waals surface area contributed by atoms with E-state index in [0.717, 1.165) is 23.5 Å². The van der Waals surface area contributed by atoms with Crippen LogP contribution >= 0.6 is 0 Å². The van der Waals surface area contributed by atoms with Crippen molar-refractivity contribution in [3.05, 3.63) is 23.8 Å². The van der Waals surface area contributed by atoms with Crippen molar-refractivity contribution in [1.82, 2.24) is 10.6 Å². The number of carbonyl (C=O) groups is 1. The summed E-state index contributed by atoms with van der Waals surface area (Å²) in [6.07, 6.45) is 1.46. The molecule has 2 heterocycles. The second-order valence-electron chi connectivity index (χ2n) is 5.35. The van der Waals surface area contributed by atoms with Crippen molar-refractivity contribution in [3.63, 3.8) is 0 Å². The first-order chi connectivity index (χ1) is 9.72. The molecule has 2 aliphatic rings. The van der Waals surface area contributed by atoms with Gasteiger partial charge < -0.3 is 20.1 Å². The molecule has 0 spiro atoms. The van der Waals surface area contributed by atoms with Gasteiger partial charge in [-0.05, 0) is 24.6 Å². The standard InChI is InChI=1S/C15H20N2O3/c1-10(17-12-8-15(18)16-9-12)11-3-4-13-14(7-11)20-6-2-5-19-13/h3-4,7,10,12,17H,2,5-6,8-9H2,1H3,(H,16,18). The SMILES string of the molecule is CC(NC1CNC(=O)C1)c1ccc2c(c1)OCCCO2. The molecule has 1 fully saturated rings. The quantitative estimate of drug-likeness (QED) is 0.876. The monoisotopic (exact) mass is 276 g/mol. The van der Waals surface area contributed by atoms with Crippen molar-refractivity contribution in [2.45, 2.75) is 31.8 Å². The summed E-state index contributed by atoms with van der Waals surface area (Å²) in [6.45, 7) is 4.20. The lowest BCUT2D eigenvalue weighted by Crippen LogP contribution is -2.33. The zero-order valence-electron chi connectivity index (χ0n) is 11.6. The van der Waals surface area contributed by atoms with Crippen molar-refractivity contribution in [1.29, 1.82) is 0 Å². The van der Waals surface area contributed by atoms with Crippen molar-refractivity contribution < 1.29 is 14.3 Å². The predicted octanol–water partition coefficient (Wildman–Crippen LogP) is 1.39. The van der Waals surface area contributed by atoms with Crippen molar-refractivity contribution in [2.24, 2.45) is 0 Å². The van der Waals surface area contributed by atoms with Crippen LogP contribution in [0.15, 0.2) is 18.2 Å². The molecule has 108 valence electrons. The van der Waals surface area contributed by atoms with Gasteiger partial charge in [0, 0.05) is 31.5 Å². The molecule has 1 saturated heterocycles. The van der Waals surface area contributed by atoms with Crippen LogP contribution in [0, 0.1) is 0 Å². The Bertz CT molecular complexity index is 504. The molecular formula is C15H20N2O3. The van der Waals surface area contributed by atoms with Crippen LogP contribution in [0.5, 0.6) is 11.5 Å². The number of hydrogen-bond donors (Lipinski definition) is 2. The summed E-state index contributed by atoms with van der Waals surface area (Å²) in [5.74, 6) is 1.75. The van der Waals surface area contributed by atoms with Crippen molar-refractivity contribution >= 4 is 5.91 Å². The van der Waals surface area contributed by atoms with E-state index in [1.54, 1.807) is 0 Å². The average Bonchev–Trinajstić information content (AvgIpc) is 2.72. The molecule has 5 heteroatoms. The van der Waals surface area contributed by atoms with Crippen LogP contribution in [0.1, 0.15) is 31.4 Å². The molecule has 2 unspecified atom stereocenters. The summed E-state index contributed by atoms with van der Waals surface area (Å²) in [5.41, 5.74) is 1.15. The van der Waals surface area contributed by atoms with Gasteiger partial charge in [0.2, 0.25) is 5.91 Å². The molecule has 1 aromatic rings. The third-order valence-electron chi connectivity index (χ3n) is 3.73. The Balaban J connectivity index is 1.70. The van der Waals surface area contributed by atoms with Crippen LogP contribution in [0.3, 0.4) is 0 Å². The van der Waals surface area contributed by atoms with Crippen molar-refractivity contribution in [2.75, 3.05) is 19.8 Å². The fourth-order valence-corrected chi connectivity index (χ4v) is 2.62. The van der Waals surface area contributed by atoms with E-state index in [1.807, 2.05) is 12.1 Å². The number of nitrogens with one attached hydrogen (secondary N) is 2. The van der Waals surface area contributed by atoms with Crippen LogP contribution < -0.4 is 20.1 Å². The minimum absolute atomic E-state index is 0.119. The van der Waals surface area contributed by atoms with Gasteiger partial charge in [-0.15, -0.1) is 0 Å². The van der Waals surface area contributed by atoms with Gasteiger partial charge in [-0.25, -0.2) is 0 Å². The van der Waals surface area contributed by atoms with Gasteiger partial charge in [-0.2, -0.15) is 0 Å². The fourth-order valence-electron chi connectivity index (χ4n) is 2.62. The largest absolute Gasteiger partial charge is 0.490 e. The normalized spacial score (nSPS) is 23.1. The van der Waals surface area contributed by atoms with Gasteiger partial charge in [-0.3, -0.25) is 4.79 Å². The van der Waals surface area contributed by atoms with E-state index < -0.39 is 0 Å². The summed E-state index contributed by atoms with van der Waals surface area (Å²) in [5, 5.41) is 6.31. The van der Waals surface area contributed by atoms with Crippen LogP contribution in [0.4, 0.5) is 0 Å². The van der Waals surface area contributed by atoms with Crippen molar-refractivity contribution in [3.8, 4) is 11.5 Å². The number of rotatable bonds is 3. The first-order valence-electron chi connectivity index (χ1n) is 7.14. The van der Waals surface area contributed by atoms with Gasteiger partial charge in [0.15, 0.2) is 11.5 Å². The molecule has 0 bridgehead atoms. The van der Waals surface area contributed by atoms with Gasteiger partial charge >= 0.3 is 0 Å². The molecule has 0 saturated carbocycles. The molecule has 0 aliphatic carbocycles. The third kappa shape index (κ3) is 2.88. The lowest BCUT2D eigenvalue weighted by Gasteiger charge is -2.19. The first kappa shape index (κ1) is 13.2. The molecule has 5 nitrogen and oxygen atoms in total. The number of ether oxygens (including phenoxy) is 2. The van der Waals surface area contributed by atoms with Gasteiger partial charge in [-0.1, -0.05) is 6.07 Å². The molecule has 20 heavy (non-hydrogen) atoms. The number of benzene rings is 1. The lowest BCUT2D eigenvalue weighted by molar-refractivity contribution is -0.119. The van der Waals surface area contributed by atoms with E-state index in [2.05, 4.69) is 23.6 Å². The maximum Gasteiger partial charge on any atom is 0.221 e. The maximum absolute atomic E-state index is 11.2. The Morgan fingerprint density at radius 1 is 1.30 bits per heavy atom. The fraction of sp³-hybridized carbons (Fsp3) is 0.533. The Labute approximate surface area is 118 Å². The summed E-state index contributed by atoms with van der Waals surface area (Å²) in [7, 11) is 0. The third-order valence-corrected chi connectivity index (χ3v) is 3.73. The van der Waals surface area contributed by atoms with E-state index in [-0.39, 0.29) is 18.0 Å². The molecule has 1 aromatic carbocycles. The number of amides is 1. The molecule has 2 aliphatic heterocycles. The minimum Gasteiger partial charge on any atom is -0.490 e. The highest BCUT2D eigenvalue weighted by molar-refractivity contribution is 5.78. The topological polar surface area (TPSA) is 59.6 Å². The highest BCUT2D eigenvalue weighted by Gasteiger charge is 2.23. The molecule has 2 N–H and O–H groups in total. The minimum atomic E-state index is 0.119. The molecular weight excluding hydrogens is 256 g/mol.